The summed E-state index contributed by atoms with van der Waals surface area (Å²) < 4.78 is 5.65. The highest BCUT2D eigenvalue weighted by Crippen LogP contribution is 2.33. The van der Waals surface area contributed by atoms with Gasteiger partial charge in [-0.2, -0.15) is 0 Å². The Hall–Kier alpha value is -2.40. The van der Waals surface area contributed by atoms with Gasteiger partial charge in [-0.1, -0.05) is 18.2 Å². The van der Waals surface area contributed by atoms with Crippen molar-refractivity contribution in [2.45, 2.75) is 18.9 Å². The number of carbonyl (C=O) groups is 1. The third kappa shape index (κ3) is 2.87. The predicted molar refractivity (Wildman–Crippen MR) is 92.1 cm³/mol. The number of hydrogen-bond acceptors (Lipinski definition) is 4. The minimum atomic E-state index is 0.133. The average molecular weight is 323 g/mol. The molecule has 0 radical (unpaired) electrons. The van der Waals surface area contributed by atoms with Crippen molar-refractivity contribution in [3.8, 4) is 5.75 Å². The summed E-state index contributed by atoms with van der Waals surface area (Å²) in [6.45, 7) is 2.53. The van der Waals surface area contributed by atoms with Gasteiger partial charge in [0, 0.05) is 6.20 Å². The number of carbonyl (C=O) groups excluding carboxylic acids is 1. The SMILES string of the molecule is O=C(CN1CCCC1c1ccccn1)N1CCOc2ccccc21. The minimum absolute atomic E-state index is 0.133. The normalized spacial score (nSPS) is 20.5. The number of nitrogens with zero attached hydrogens (tertiary/aromatic N) is 3. The van der Waals surface area contributed by atoms with E-state index < -0.39 is 0 Å². The van der Waals surface area contributed by atoms with Gasteiger partial charge >= 0.3 is 0 Å². The Kier molecular flexibility index (Phi) is 4.17. The molecule has 5 nitrogen and oxygen atoms in total. The fraction of sp³-hybridized carbons (Fsp3) is 0.368. The van der Waals surface area contributed by atoms with Crippen LogP contribution >= 0.6 is 0 Å². The number of hydrogen-bond donors (Lipinski definition) is 0. The monoisotopic (exact) mass is 323 g/mol. The van der Waals surface area contributed by atoms with Crippen LogP contribution in [0.5, 0.6) is 5.75 Å². The molecule has 2 aliphatic rings. The second-order valence-electron chi connectivity index (χ2n) is 6.24. The van der Waals surface area contributed by atoms with E-state index in [0.717, 1.165) is 36.5 Å². The number of aromatic nitrogens is 1. The number of fused-ring (bicyclic) bond motifs is 1. The Morgan fingerprint density at radius 2 is 2.04 bits per heavy atom. The number of amides is 1. The van der Waals surface area contributed by atoms with Gasteiger partial charge in [-0.25, -0.2) is 0 Å². The Morgan fingerprint density at radius 1 is 1.17 bits per heavy atom. The van der Waals surface area contributed by atoms with Gasteiger partial charge < -0.3 is 9.64 Å². The van der Waals surface area contributed by atoms with Crippen LogP contribution in [-0.2, 0) is 4.79 Å². The molecule has 2 aliphatic heterocycles. The van der Waals surface area contributed by atoms with Crippen molar-refractivity contribution in [1.29, 1.82) is 0 Å². The second-order valence-corrected chi connectivity index (χ2v) is 6.24. The van der Waals surface area contributed by atoms with Crippen molar-refractivity contribution in [2.24, 2.45) is 0 Å². The first-order valence-corrected chi connectivity index (χ1v) is 8.50. The Labute approximate surface area is 141 Å². The molecule has 124 valence electrons. The number of pyridine rings is 1. The van der Waals surface area contributed by atoms with E-state index in [1.807, 2.05) is 47.5 Å². The van der Waals surface area contributed by atoms with Gasteiger partial charge in [0.05, 0.1) is 30.5 Å². The molecule has 1 amide bonds. The zero-order chi connectivity index (χ0) is 16.4. The Bertz CT molecular complexity index is 720. The van der Waals surface area contributed by atoms with Crippen molar-refractivity contribution < 1.29 is 9.53 Å². The fourth-order valence-electron chi connectivity index (χ4n) is 3.61. The summed E-state index contributed by atoms with van der Waals surface area (Å²) in [5.41, 5.74) is 1.94. The lowest BCUT2D eigenvalue weighted by Gasteiger charge is -2.32. The van der Waals surface area contributed by atoms with Gasteiger partial charge in [0.1, 0.15) is 12.4 Å². The van der Waals surface area contributed by atoms with Crippen molar-refractivity contribution in [3.05, 3.63) is 54.4 Å². The van der Waals surface area contributed by atoms with E-state index >= 15 is 0 Å². The van der Waals surface area contributed by atoms with E-state index in [1.54, 1.807) is 0 Å². The second kappa shape index (κ2) is 6.61. The predicted octanol–water partition coefficient (Wildman–Crippen LogP) is 2.64. The molecule has 0 saturated carbocycles. The molecule has 1 saturated heterocycles. The highest BCUT2D eigenvalue weighted by Gasteiger charge is 2.31. The molecule has 2 aromatic rings. The standard InChI is InChI=1S/C19H21N3O2/c23-19(22-12-13-24-18-9-2-1-7-17(18)22)14-21-11-5-8-16(21)15-6-3-4-10-20-15/h1-4,6-7,9-10,16H,5,8,11-14H2. The van der Waals surface area contributed by atoms with Crippen molar-refractivity contribution in [1.82, 2.24) is 9.88 Å². The van der Waals surface area contributed by atoms with Crippen LogP contribution in [0, 0.1) is 0 Å². The molecule has 1 atom stereocenters. The Balaban J connectivity index is 1.50. The van der Waals surface area contributed by atoms with E-state index in [0.29, 0.717) is 19.7 Å². The van der Waals surface area contributed by atoms with Crippen LogP contribution in [0.4, 0.5) is 5.69 Å². The first-order chi connectivity index (χ1) is 11.8. The maximum atomic E-state index is 12.9. The summed E-state index contributed by atoms with van der Waals surface area (Å²) in [6.07, 6.45) is 3.99. The molecule has 1 aromatic carbocycles. The molecule has 1 aromatic heterocycles. The van der Waals surface area contributed by atoms with E-state index in [2.05, 4.69) is 16.0 Å². The van der Waals surface area contributed by atoms with E-state index in [-0.39, 0.29) is 11.9 Å². The van der Waals surface area contributed by atoms with Gasteiger partial charge in [-0.05, 0) is 43.7 Å². The van der Waals surface area contributed by atoms with Gasteiger partial charge in [0.25, 0.3) is 0 Å². The van der Waals surface area contributed by atoms with Crippen LogP contribution in [-0.4, -0.2) is 42.0 Å². The lowest BCUT2D eigenvalue weighted by atomic mass is 10.1. The lowest BCUT2D eigenvalue weighted by molar-refractivity contribution is -0.120. The molecular weight excluding hydrogens is 302 g/mol. The van der Waals surface area contributed by atoms with Crippen molar-refractivity contribution >= 4 is 11.6 Å². The highest BCUT2D eigenvalue weighted by atomic mass is 16.5. The highest BCUT2D eigenvalue weighted by molar-refractivity contribution is 5.96. The molecule has 0 bridgehead atoms. The van der Waals surface area contributed by atoms with Crippen LogP contribution in [0.15, 0.2) is 48.7 Å². The molecule has 0 aliphatic carbocycles. The third-order valence-electron chi connectivity index (χ3n) is 4.76. The molecule has 24 heavy (non-hydrogen) atoms. The van der Waals surface area contributed by atoms with Crippen LogP contribution in [0.25, 0.3) is 0 Å². The first-order valence-electron chi connectivity index (χ1n) is 8.50. The Morgan fingerprint density at radius 3 is 2.92 bits per heavy atom. The minimum Gasteiger partial charge on any atom is -0.490 e. The molecule has 5 heteroatoms. The molecule has 0 N–H and O–H groups in total. The fourth-order valence-corrected chi connectivity index (χ4v) is 3.61. The van der Waals surface area contributed by atoms with Crippen LogP contribution in [0.3, 0.4) is 0 Å². The number of rotatable bonds is 3. The first kappa shape index (κ1) is 15.1. The third-order valence-corrected chi connectivity index (χ3v) is 4.76. The molecule has 0 spiro atoms. The summed E-state index contributed by atoms with van der Waals surface area (Å²) in [5.74, 6) is 0.924. The molecular formula is C19H21N3O2. The quantitative estimate of drug-likeness (QED) is 0.871. The van der Waals surface area contributed by atoms with Crippen LogP contribution in [0.2, 0.25) is 0 Å². The molecule has 1 fully saturated rings. The summed E-state index contributed by atoms with van der Waals surface area (Å²) in [5, 5.41) is 0. The lowest BCUT2D eigenvalue weighted by Crippen LogP contribution is -2.44. The van der Waals surface area contributed by atoms with Gasteiger partial charge in [0.15, 0.2) is 0 Å². The largest absolute Gasteiger partial charge is 0.490 e. The zero-order valence-electron chi connectivity index (χ0n) is 13.6. The van der Waals surface area contributed by atoms with Gasteiger partial charge in [-0.3, -0.25) is 14.7 Å². The average Bonchev–Trinajstić information content (AvgIpc) is 3.10. The number of ether oxygens (including phenoxy) is 1. The maximum Gasteiger partial charge on any atom is 0.241 e. The smallest absolute Gasteiger partial charge is 0.241 e. The van der Waals surface area contributed by atoms with Crippen LogP contribution < -0.4 is 9.64 Å². The summed E-state index contributed by atoms with van der Waals surface area (Å²) in [7, 11) is 0. The van der Waals surface area contributed by atoms with Crippen molar-refractivity contribution in [2.75, 3.05) is 31.1 Å². The van der Waals surface area contributed by atoms with E-state index in [4.69, 9.17) is 4.74 Å². The summed E-state index contributed by atoms with van der Waals surface area (Å²) >= 11 is 0. The number of likely N-dealkylation sites (tertiary alicyclic amines) is 1. The molecule has 1 unspecified atom stereocenters. The number of para-hydroxylation sites is 2. The van der Waals surface area contributed by atoms with E-state index in [9.17, 15) is 4.79 Å². The topological polar surface area (TPSA) is 45.7 Å². The number of benzene rings is 1. The van der Waals surface area contributed by atoms with Gasteiger partial charge in [-0.15, -0.1) is 0 Å². The maximum absolute atomic E-state index is 12.9. The van der Waals surface area contributed by atoms with Crippen LogP contribution in [0.1, 0.15) is 24.6 Å². The number of anilines is 1. The van der Waals surface area contributed by atoms with E-state index in [1.165, 1.54) is 0 Å². The molecule has 4 rings (SSSR count). The molecule has 3 heterocycles. The summed E-state index contributed by atoms with van der Waals surface area (Å²) in [6, 6.07) is 14.0. The van der Waals surface area contributed by atoms with Gasteiger partial charge in [0.2, 0.25) is 5.91 Å². The zero-order valence-corrected chi connectivity index (χ0v) is 13.6. The van der Waals surface area contributed by atoms with Crippen molar-refractivity contribution in [3.63, 3.8) is 0 Å². The summed E-state index contributed by atoms with van der Waals surface area (Å²) in [4.78, 5) is 21.5.